The monoisotopic (exact) mass is 430 g/mol. The summed E-state index contributed by atoms with van der Waals surface area (Å²) < 4.78 is 11.1. The number of ether oxygens (including phenoxy) is 2. The van der Waals surface area contributed by atoms with E-state index in [2.05, 4.69) is 10.6 Å². The minimum Gasteiger partial charge on any atom is -0.486 e. The van der Waals surface area contributed by atoms with Crippen molar-refractivity contribution >= 4 is 23.4 Å². The van der Waals surface area contributed by atoms with E-state index in [0.717, 1.165) is 12.0 Å². The van der Waals surface area contributed by atoms with E-state index in [1.165, 1.54) is 0 Å². The Balaban J connectivity index is 1.59. The molecule has 0 saturated carbocycles. The predicted octanol–water partition coefficient (Wildman–Crippen LogP) is 3.61. The summed E-state index contributed by atoms with van der Waals surface area (Å²) in [6.45, 7) is 5.34. The highest BCUT2D eigenvalue weighted by atomic mass is 35.5. The third-order valence-electron chi connectivity index (χ3n) is 5.19. The minimum atomic E-state index is -0.605. The third kappa shape index (κ3) is 5.45. The SMILES string of the molecule is CC[C@H](C)[C@H](NC(=O)c1ccccc1)C(=O)NCCc1cc(Cl)c2c(c1)OCCO2. The molecule has 30 heavy (non-hydrogen) atoms. The molecule has 7 heteroatoms. The zero-order valence-corrected chi connectivity index (χ0v) is 18.0. The molecule has 0 spiro atoms. The number of fused-ring (bicyclic) bond motifs is 1. The van der Waals surface area contributed by atoms with Crippen LogP contribution in [0.3, 0.4) is 0 Å². The Bertz CT molecular complexity index is 888. The molecule has 2 aromatic carbocycles. The van der Waals surface area contributed by atoms with Crippen LogP contribution in [-0.2, 0) is 11.2 Å². The van der Waals surface area contributed by atoms with Crippen molar-refractivity contribution in [1.29, 1.82) is 0 Å². The topological polar surface area (TPSA) is 76.7 Å². The highest BCUT2D eigenvalue weighted by Gasteiger charge is 2.26. The van der Waals surface area contributed by atoms with Gasteiger partial charge < -0.3 is 20.1 Å². The van der Waals surface area contributed by atoms with Gasteiger partial charge in [-0.25, -0.2) is 0 Å². The van der Waals surface area contributed by atoms with Crippen LogP contribution < -0.4 is 20.1 Å². The van der Waals surface area contributed by atoms with Crippen molar-refractivity contribution in [3.8, 4) is 11.5 Å². The van der Waals surface area contributed by atoms with Crippen LogP contribution in [0.25, 0.3) is 0 Å². The van der Waals surface area contributed by atoms with E-state index in [9.17, 15) is 9.59 Å². The summed E-state index contributed by atoms with van der Waals surface area (Å²) in [5.41, 5.74) is 1.47. The largest absolute Gasteiger partial charge is 0.486 e. The fraction of sp³-hybridized carbons (Fsp3) is 0.391. The molecule has 2 aromatic rings. The lowest BCUT2D eigenvalue weighted by molar-refractivity contribution is -0.124. The number of nitrogens with one attached hydrogen (secondary N) is 2. The van der Waals surface area contributed by atoms with Crippen molar-refractivity contribution in [2.45, 2.75) is 32.7 Å². The molecule has 0 radical (unpaired) electrons. The summed E-state index contributed by atoms with van der Waals surface area (Å²) in [5, 5.41) is 6.31. The van der Waals surface area contributed by atoms with Gasteiger partial charge >= 0.3 is 0 Å². The molecule has 3 rings (SSSR count). The van der Waals surface area contributed by atoms with Crippen molar-refractivity contribution in [1.82, 2.24) is 10.6 Å². The van der Waals surface area contributed by atoms with E-state index in [1.54, 1.807) is 24.3 Å². The third-order valence-corrected chi connectivity index (χ3v) is 5.47. The van der Waals surface area contributed by atoms with Crippen LogP contribution in [0.2, 0.25) is 5.02 Å². The van der Waals surface area contributed by atoms with E-state index in [4.69, 9.17) is 21.1 Å². The van der Waals surface area contributed by atoms with Crippen molar-refractivity contribution in [2.24, 2.45) is 5.92 Å². The Morgan fingerprint density at radius 2 is 1.87 bits per heavy atom. The summed E-state index contributed by atoms with van der Waals surface area (Å²) in [7, 11) is 0. The van der Waals surface area contributed by atoms with Crippen molar-refractivity contribution in [3.05, 3.63) is 58.6 Å². The predicted molar refractivity (Wildman–Crippen MR) is 116 cm³/mol. The van der Waals surface area contributed by atoms with Gasteiger partial charge in [-0.05, 0) is 42.2 Å². The molecular weight excluding hydrogens is 404 g/mol. The quantitative estimate of drug-likeness (QED) is 0.670. The van der Waals surface area contributed by atoms with E-state index in [-0.39, 0.29) is 17.7 Å². The van der Waals surface area contributed by atoms with E-state index < -0.39 is 6.04 Å². The van der Waals surface area contributed by atoms with Gasteiger partial charge in [0.05, 0.1) is 5.02 Å². The second-order valence-electron chi connectivity index (χ2n) is 7.35. The van der Waals surface area contributed by atoms with Crippen LogP contribution in [0, 0.1) is 5.92 Å². The molecule has 0 aromatic heterocycles. The molecule has 0 unspecified atom stereocenters. The molecule has 6 nitrogen and oxygen atoms in total. The molecule has 0 aliphatic carbocycles. The molecule has 0 fully saturated rings. The van der Waals surface area contributed by atoms with Crippen LogP contribution in [0.1, 0.15) is 36.2 Å². The van der Waals surface area contributed by atoms with Crippen molar-refractivity contribution in [2.75, 3.05) is 19.8 Å². The smallest absolute Gasteiger partial charge is 0.251 e. The van der Waals surface area contributed by atoms with Crippen LogP contribution >= 0.6 is 11.6 Å². The molecule has 2 N–H and O–H groups in total. The zero-order valence-electron chi connectivity index (χ0n) is 17.2. The lowest BCUT2D eigenvalue weighted by Gasteiger charge is -2.24. The minimum absolute atomic E-state index is 0.00130. The van der Waals surface area contributed by atoms with Gasteiger partial charge in [0.2, 0.25) is 5.91 Å². The fourth-order valence-electron chi connectivity index (χ4n) is 3.26. The molecule has 1 heterocycles. The maximum Gasteiger partial charge on any atom is 0.251 e. The number of rotatable bonds is 8. The Kier molecular flexibility index (Phi) is 7.57. The average molecular weight is 431 g/mol. The average Bonchev–Trinajstić information content (AvgIpc) is 2.77. The maximum absolute atomic E-state index is 12.8. The number of carbonyl (C=O) groups is 2. The second-order valence-corrected chi connectivity index (χ2v) is 7.75. The Morgan fingerprint density at radius 3 is 2.60 bits per heavy atom. The van der Waals surface area contributed by atoms with Crippen LogP contribution in [0.4, 0.5) is 0 Å². The molecule has 160 valence electrons. The molecule has 1 aliphatic heterocycles. The van der Waals surface area contributed by atoms with Gasteiger partial charge in [-0.15, -0.1) is 0 Å². The maximum atomic E-state index is 12.8. The van der Waals surface area contributed by atoms with Crippen LogP contribution in [0.5, 0.6) is 11.5 Å². The summed E-state index contributed by atoms with van der Waals surface area (Å²) in [5.74, 6) is 0.743. The van der Waals surface area contributed by atoms with Gasteiger partial charge in [-0.1, -0.05) is 50.1 Å². The van der Waals surface area contributed by atoms with Crippen LogP contribution in [0.15, 0.2) is 42.5 Å². The molecule has 1 aliphatic rings. The molecule has 2 amide bonds. The number of hydrogen-bond donors (Lipinski definition) is 2. The van der Waals surface area contributed by atoms with E-state index >= 15 is 0 Å². The summed E-state index contributed by atoms with van der Waals surface area (Å²) in [6, 6.07) is 12.0. The van der Waals surface area contributed by atoms with Gasteiger partial charge in [0.1, 0.15) is 19.3 Å². The Labute approximate surface area is 181 Å². The summed E-state index contributed by atoms with van der Waals surface area (Å²) >= 11 is 6.28. The molecule has 0 saturated heterocycles. The van der Waals surface area contributed by atoms with E-state index in [1.807, 2.05) is 32.0 Å². The van der Waals surface area contributed by atoms with Gasteiger partial charge in [0, 0.05) is 12.1 Å². The second kappa shape index (κ2) is 10.3. The normalized spacial score (nSPS) is 14.5. The van der Waals surface area contributed by atoms with Gasteiger partial charge in [0.15, 0.2) is 11.5 Å². The molecule has 0 bridgehead atoms. The summed E-state index contributed by atoms with van der Waals surface area (Å²) in [4.78, 5) is 25.3. The number of benzene rings is 2. The molecule has 2 atom stereocenters. The Morgan fingerprint density at radius 1 is 1.13 bits per heavy atom. The first-order valence-electron chi connectivity index (χ1n) is 10.2. The summed E-state index contributed by atoms with van der Waals surface area (Å²) in [6.07, 6.45) is 1.35. The number of hydrogen-bond acceptors (Lipinski definition) is 4. The number of amides is 2. The lowest BCUT2D eigenvalue weighted by atomic mass is 9.97. The van der Waals surface area contributed by atoms with Gasteiger partial charge in [0.25, 0.3) is 5.91 Å². The zero-order chi connectivity index (χ0) is 21.5. The standard InChI is InChI=1S/C23H27ClN2O4/c1-3-15(2)20(26-22(27)17-7-5-4-6-8-17)23(28)25-10-9-16-13-18(24)21-19(14-16)29-11-12-30-21/h4-8,13-15,20H,3,9-12H2,1-2H3,(H,25,28)(H,26,27)/t15-,20-/m0/s1. The first kappa shape index (κ1) is 22.0. The number of carbonyl (C=O) groups excluding carboxylic acids is 2. The lowest BCUT2D eigenvalue weighted by Crippen LogP contribution is -2.50. The first-order chi connectivity index (χ1) is 14.5. The van der Waals surface area contributed by atoms with Crippen molar-refractivity contribution in [3.63, 3.8) is 0 Å². The highest BCUT2D eigenvalue weighted by molar-refractivity contribution is 6.32. The Hall–Kier alpha value is -2.73. The van der Waals surface area contributed by atoms with Gasteiger partial charge in [-0.2, -0.15) is 0 Å². The van der Waals surface area contributed by atoms with Gasteiger partial charge in [-0.3, -0.25) is 9.59 Å². The highest BCUT2D eigenvalue weighted by Crippen LogP contribution is 2.38. The molecular formula is C23H27ClN2O4. The van der Waals surface area contributed by atoms with E-state index in [0.29, 0.717) is 48.3 Å². The van der Waals surface area contributed by atoms with Crippen molar-refractivity contribution < 1.29 is 19.1 Å². The van der Waals surface area contributed by atoms with Crippen LogP contribution in [-0.4, -0.2) is 37.6 Å². The number of halogens is 1. The first-order valence-corrected chi connectivity index (χ1v) is 10.6. The fourth-order valence-corrected chi connectivity index (χ4v) is 3.55.